The average Bonchev–Trinajstić information content (AvgIpc) is 3.28. The van der Waals surface area contributed by atoms with E-state index in [1.165, 1.54) is 20.1 Å². The fourth-order valence-electron chi connectivity index (χ4n) is 4.16. The van der Waals surface area contributed by atoms with Gasteiger partial charge in [0.25, 0.3) is 11.8 Å². The van der Waals surface area contributed by atoms with Crippen LogP contribution in [0, 0.1) is 5.92 Å². The predicted octanol–water partition coefficient (Wildman–Crippen LogP) is 0.292. The number of ether oxygens (including phenoxy) is 1. The SMILES string of the molecule is CC(=O)OCc1ccc(NC(=O)[C@H](CC[S+](C)[O-])NC(=O)[C@H](C)NC(=O)[C@@H](CC(C)C)NC(=O)CCN2C(=O)C=CC2=O)cc1. The first-order valence-electron chi connectivity index (χ1n) is 14.4. The standard InChI is InChI=1S/C30H41N5O9S/c1-18(2)16-24(33-25(37)12-14-35-26(38)10-11-27(35)39)30(42)31-19(3)28(40)34-23(13-15-45(5)43)29(41)32-22-8-6-21(7-9-22)17-44-20(4)36/h6-11,18-19,23-24H,12-17H2,1-5H3,(H,31,42)(H,32,41)(H,33,37)(H,34,40)/t19-,23-,24+,45?/m0/s1. The van der Waals surface area contributed by atoms with Crippen molar-refractivity contribution in [1.29, 1.82) is 0 Å². The van der Waals surface area contributed by atoms with Crippen LogP contribution in [-0.2, 0) is 56.1 Å². The van der Waals surface area contributed by atoms with E-state index in [9.17, 15) is 38.1 Å². The van der Waals surface area contributed by atoms with Gasteiger partial charge in [-0.3, -0.25) is 38.5 Å². The molecule has 45 heavy (non-hydrogen) atoms. The van der Waals surface area contributed by atoms with Gasteiger partial charge in [-0.05, 0) is 37.0 Å². The molecule has 2 rings (SSSR count). The number of imide groups is 1. The van der Waals surface area contributed by atoms with Gasteiger partial charge in [0.15, 0.2) is 0 Å². The van der Waals surface area contributed by atoms with Gasteiger partial charge in [0.05, 0.1) is 6.26 Å². The van der Waals surface area contributed by atoms with Crippen LogP contribution in [0.2, 0.25) is 0 Å². The minimum absolute atomic E-state index is 0.00478. The molecule has 15 heteroatoms. The molecule has 1 aromatic rings. The van der Waals surface area contributed by atoms with Gasteiger partial charge in [-0.25, -0.2) is 0 Å². The van der Waals surface area contributed by atoms with E-state index < -0.39 is 70.7 Å². The number of esters is 1. The lowest BCUT2D eigenvalue weighted by Crippen LogP contribution is -2.55. The molecule has 0 saturated heterocycles. The molecule has 1 aromatic carbocycles. The van der Waals surface area contributed by atoms with Crippen LogP contribution >= 0.6 is 0 Å². The summed E-state index contributed by atoms with van der Waals surface area (Å²) in [6.07, 6.45) is 3.81. The summed E-state index contributed by atoms with van der Waals surface area (Å²) in [5, 5.41) is 10.5. The molecule has 0 spiro atoms. The Morgan fingerprint density at radius 3 is 2.07 bits per heavy atom. The first kappa shape index (κ1) is 36.9. The van der Waals surface area contributed by atoms with Crippen molar-refractivity contribution in [2.24, 2.45) is 5.92 Å². The second kappa shape index (κ2) is 17.9. The van der Waals surface area contributed by atoms with E-state index in [1.54, 1.807) is 24.3 Å². The van der Waals surface area contributed by atoms with Gasteiger partial charge in [-0.15, -0.1) is 0 Å². The summed E-state index contributed by atoms with van der Waals surface area (Å²) in [7, 11) is 0. The summed E-state index contributed by atoms with van der Waals surface area (Å²) in [6.45, 7) is 6.36. The highest BCUT2D eigenvalue weighted by Crippen LogP contribution is 2.13. The van der Waals surface area contributed by atoms with Crippen molar-refractivity contribution < 1.29 is 42.9 Å². The van der Waals surface area contributed by atoms with Crippen molar-refractivity contribution in [1.82, 2.24) is 20.9 Å². The number of carbonyl (C=O) groups is 7. The third-order valence-corrected chi connectivity index (χ3v) is 7.38. The summed E-state index contributed by atoms with van der Waals surface area (Å²) < 4.78 is 16.7. The van der Waals surface area contributed by atoms with Crippen molar-refractivity contribution in [3.05, 3.63) is 42.0 Å². The van der Waals surface area contributed by atoms with Crippen molar-refractivity contribution in [2.75, 3.05) is 23.9 Å². The van der Waals surface area contributed by atoms with Crippen LogP contribution in [0.1, 0.15) is 52.5 Å². The zero-order chi connectivity index (χ0) is 33.7. The number of anilines is 1. The number of nitrogens with one attached hydrogen (secondary N) is 4. The highest BCUT2D eigenvalue weighted by Gasteiger charge is 2.29. The number of amides is 6. The summed E-state index contributed by atoms with van der Waals surface area (Å²) in [4.78, 5) is 87.2. The van der Waals surface area contributed by atoms with Crippen LogP contribution in [0.15, 0.2) is 36.4 Å². The van der Waals surface area contributed by atoms with Gasteiger partial charge >= 0.3 is 5.97 Å². The van der Waals surface area contributed by atoms with Crippen molar-refractivity contribution in [3.8, 4) is 0 Å². The number of benzene rings is 1. The summed E-state index contributed by atoms with van der Waals surface area (Å²) in [5.41, 5.74) is 1.13. The van der Waals surface area contributed by atoms with E-state index in [4.69, 9.17) is 4.74 Å². The second-order valence-electron chi connectivity index (χ2n) is 11.0. The van der Waals surface area contributed by atoms with Gasteiger partial charge in [-0.2, -0.15) is 0 Å². The molecule has 4 N–H and O–H groups in total. The van der Waals surface area contributed by atoms with Crippen LogP contribution in [0.5, 0.6) is 0 Å². The van der Waals surface area contributed by atoms with Crippen LogP contribution < -0.4 is 21.3 Å². The average molecular weight is 648 g/mol. The number of hydrogen-bond donors (Lipinski definition) is 4. The largest absolute Gasteiger partial charge is 0.617 e. The topological polar surface area (TPSA) is 203 Å². The Labute approximate surface area is 265 Å². The van der Waals surface area contributed by atoms with E-state index in [0.717, 1.165) is 17.1 Å². The zero-order valence-corrected chi connectivity index (χ0v) is 26.9. The normalized spacial score (nSPS) is 15.2. The van der Waals surface area contributed by atoms with Crippen LogP contribution in [0.4, 0.5) is 5.69 Å². The fraction of sp³-hybridized carbons (Fsp3) is 0.500. The van der Waals surface area contributed by atoms with Gasteiger partial charge < -0.3 is 30.6 Å². The highest BCUT2D eigenvalue weighted by molar-refractivity contribution is 7.90. The van der Waals surface area contributed by atoms with Crippen molar-refractivity contribution in [3.63, 3.8) is 0 Å². The molecular formula is C30H41N5O9S. The minimum atomic E-state index is -1.24. The van der Waals surface area contributed by atoms with E-state index in [-0.39, 0.29) is 44.1 Å². The number of carbonyl (C=O) groups excluding carboxylic acids is 7. The predicted molar refractivity (Wildman–Crippen MR) is 165 cm³/mol. The van der Waals surface area contributed by atoms with Crippen molar-refractivity contribution in [2.45, 2.75) is 71.7 Å². The Balaban J connectivity index is 2.00. The Hall–Kier alpha value is -4.24. The van der Waals surface area contributed by atoms with Crippen LogP contribution in [0.3, 0.4) is 0 Å². The fourth-order valence-corrected chi connectivity index (χ4v) is 4.73. The summed E-state index contributed by atoms with van der Waals surface area (Å²) >= 11 is -1.24. The number of hydrogen-bond acceptors (Lipinski definition) is 9. The summed E-state index contributed by atoms with van der Waals surface area (Å²) in [6, 6.07) is 3.38. The first-order chi connectivity index (χ1) is 21.2. The second-order valence-corrected chi connectivity index (χ2v) is 12.5. The zero-order valence-electron chi connectivity index (χ0n) is 26.0. The van der Waals surface area contributed by atoms with E-state index in [1.807, 2.05) is 13.8 Å². The Morgan fingerprint density at radius 2 is 1.51 bits per heavy atom. The van der Waals surface area contributed by atoms with Crippen LogP contribution in [-0.4, -0.2) is 87.5 Å². The highest BCUT2D eigenvalue weighted by atomic mass is 32.2. The third kappa shape index (κ3) is 13.1. The molecule has 0 radical (unpaired) electrons. The molecule has 246 valence electrons. The maximum absolute atomic E-state index is 13.1. The molecule has 0 saturated carbocycles. The van der Waals surface area contributed by atoms with E-state index in [2.05, 4.69) is 21.3 Å². The maximum Gasteiger partial charge on any atom is 0.302 e. The van der Waals surface area contributed by atoms with Gasteiger partial charge in [0.1, 0.15) is 30.5 Å². The number of nitrogens with zero attached hydrogens (tertiary/aromatic N) is 1. The molecule has 0 fully saturated rings. The molecule has 1 aliphatic heterocycles. The van der Waals surface area contributed by atoms with E-state index in [0.29, 0.717) is 11.3 Å². The Morgan fingerprint density at radius 1 is 0.889 bits per heavy atom. The Kier molecular flexibility index (Phi) is 14.7. The molecule has 0 bridgehead atoms. The lowest BCUT2D eigenvalue weighted by atomic mass is 10.0. The lowest BCUT2D eigenvalue weighted by Gasteiger charge is -2.24. The monoisotopic (exact) mass is 647 g/mol. The molecule has 1 aliphatic rings. The van der Waals surface area contributed by atoms with Crippen molar-refractivity contribution >= 4 is 58.3 Å². The molecule has 0 aliphatic carbocycles. The molecule has 1 unspecified atom stereocenters. The van der Waals surface area contributed by atoms with Crippen LogP contribution in [0.25, 0.3) is 0 Å². The minimum Gasteiger partial charge on any atom is -0.617 e. The quantitative estimate of drug-likeness (QED) is 0.104. The van der Waals surface area contributed by atoms with Gasteiger partial charge in [-0.1, -0.05) is 37.2 Å². The molecule has 14 nitrogen and oxygen atoms in total. The number of rotatable bonds is 17. The molecule has 1 heterocycles. The molecule has 0 aromatic heterocycles. The smallest absolute Gasteiger partial charge is 0.302 e. The summed E-state index contributed by atoms with van der Waals surface area (Å²) in [5.74, 6) is -3.74. The van der Waals surface area contributed by atoms with E-state index >= 15 is 0 Å². The molecule has 6 amide bonds. The molecular weight excluding hydrogens is 606 g/mol. The lowest BCUT2D eigenvalue weighted by molar-refractivity contribution is -0.142. The Bertz CT molecular complexity index is 1260. The first-order valence-corrected chi connectivity index (χ1v) is 16.2. The van der Waals surface area contributed by atoms with Gasteiger partial charge in [0.2, 0.25) is 23.6 Å². The van der Waals surface area contributed by atoms with Gasteiger partial charge in [0, 0.05) is 44.1 Å². The molecule has 4 atom stereocenters. The maximum atomic E-state index is 13.1. The third-order valence-electron chi connectivity index (χ3n) is 6.56.